The van der Waals surface area contributed by atoms with Crippen molar-refractivity contribution < 1.29 is 13.2 Å². The van der Waals surface area contributed by atoms with Gasteiger partial charge in [-0.2, -0.15) is 5.26 Å². The van der Waals surface area contributed by atoms with Crippen LogP contribution in [-0.2, 0) is 14.8 Å². The fraction of sp³-hybridized carbons (Fsp3) is 0.333. The van der Waals surface area contributed by atoms with Gasteiger partial charge < -0.3 is 0 Å². The van der Waals surface area contributed by atoms with Crippen LogP contribution in [-0.4, -0.2) is 20.2 Å². The third-order valence-corrected chi connectivity index (χ3v) is 4.54. The van der Waals surface area contributed by atoms with Gasteiger partial charge in [-0.25, -0.2) is 13.1 Å². The molecule has 0 aliphatic heterocycles. The topological polar surface area (TPSA) is 87.0 Å². The minimum atomic E-state index is -3.93. The number of sulfonamides is 1. The lowest BCUT2D eigenvalue weighted by molar-refractivity contribution is -0.119. The van der Waals surface area contributed by atoms with E-state index in [1.165, 1.54) is 25.1 Å². The van der Waals surface area contributed by atoms with Gasteiger partial charge in [0.1, 0.15) is 10.7 Å². The highest BCUT2D eigenvalue weighted by Gasteiger charge is 2.23. The molecule has 0 aliphatic rings. The molecule has 0 saturated carbocycles. The van der Waals surface area contributed by atoms with Crippen LogP contribution < -0.4 is 4.72 Å². The Morgan fingerprint density at radius 1 is 1.53 bits per heavy atom. The largest absolute Gasteiger partial charge is 0.298 e. The normalized spacial score (nSPS) is 12.7. The number of hydrogen-bond acceptors (Lipinski definition) is 4. The van der Waals surface area contributed by atoms with Crippen molar-refractivity contribution in [2.45, 2.75) is 31.2 Å². The molecular formula is C12H13ClN2O3S. The van der Waals surface area contributed by atoms with Crippen LogP contribution in [0, 0.1) is 11.3 Å². The fourth-order valence-electron chi connectivity index (χ4n) is 1.45. The molecule has 1 aromatic carbocycles. The van der Waals surface area contributed by atoms with E-state index in [1.54, 1.807) is 6.92 Å². The standard InChI is InChI=1S/C12H13ClN2O3S/c1-3-11(16)8(2)15-19(17,18)12-6-9(7-14)4-5-10(12)13/h4-6,8,15H,3H2,1-2H3. The summed E-state index contributed by atoms with van der Waals surface area (Å²) in [7, 11) is -3.93. The van der Waals surface area contributed by atoms with Gasteiger partial charge in [0.05, 0.1) is 22.7 Å². The second kappa shape index (κ2) is 6.15. The fourth-order valence-corrected chi connectivity index (χ4v) is 3.20. The Morgan fingerprint density at radius 2 is 2.16 bits per heavy atom. The quantitative estimate of drug-likeness (QED) is 0.899. The van der Waals surface area contributed by atoms with E-state index in [4.69, 9.17) is 16.9 Å². The minimum absolute atomic E-state index is 0.00245. The second-order valence-corrected chi connectivity index (χ2v) is 6.01. The maximum Gasteiger partial charge on any atom is 0.242 e. The molecule has 0 heterocycles. The first-order valence-corrected chi connectivity index (χ1v) is 7.42. The zero-order valence-corrected chi connectivity index (χ0v) is 12.0. The van der Waals surface area contributed by atoms with Gasteiger partial charge in [-0.15, -0.1) is 0 Å². The molecule has 7 heteroatoms. The summed E-state index contributed by atoms with van der Waals surface area (Å²) < 4.78 is 26.4. The van der Waals surface area contributed by atoms with Crippen LogP contribution in [0.2, 0.25) is 5.02 Å². The molecule has 0 bridgehead atoms. The molecule has 19 heavy (non-hydrogen) atoms. The third kappa shape index (κ3) is 3.77. The van der Waals surface area contributed by atoms with Crippen molar-refractivity contribution in [1.29, 1.82) is 5.26 Å². The molecule has 102 valence electrons. The molecule has 0 spiro atoms. The number of halogens is 1. The summed E-state index contributed by atoms with van der Waals surface area (Å²) in [6.45, 7) is 3.11. The first-order chi connectivity index (χ1) is 8.81. The first-order valence-electron chi connectivity index (χ1n) is 5.56. The van der Waals surface area contributed by atoms with Crippen LogP contribution in [0.25, 0.3) is 0 Å². The number of rotatable bonds is 5. The van der Waals surface area contributed by atoms with E-state index in [0.29, 0.717) is 0 Å². The number of ketones is 1. The van der Waals surface area contributed by atoms with E-state index in [-0.39, 0.29) is 27.7 Å². The summed E-state index contributed by atoms with van der Waals surface area (Å²) in [4.78, 5) is 11.2. The maximum atomic E-state index is 12.1. The second-order valence-electron chi connectivity index (χ2n) is 3.92. The summed E-state index contributed by atoms with van der Waals surface area (Å²) in [5.41, 5.74) is 0.180. The maximum absolute atomic E-state index is 12.1. The Bertz CT molecular complexity index is 635. The van der Waals surface area contributed by atoms with E-state index in [9.17, 15) is 13.2 Å². The number of benzene rings is 1. The lowest BCUT2D eigenvalue weighted by Gasteiger charge is -2.13. The molecule has 5 nitrogen and oxygen atoms in total. The molecule has 0 amide bonds. The number of Topliss-reactive ketones (excluding diaryl/α,β-unsaturated/α-hetero) is 1. The van der Waals surface area contributed by atoms with Crippen LogP contribution in [0.15, 0.2) is 23.1 Å². The summed E-state index contributed by atoms with van der Waals surface area (Å²) >= 11 is 5.82. The summed E-state index contributed by atoms with van der Waals surface area (Å²) in [5, 5.41) is 8.77. The van der Waals surface area contributed by atoms with Crippen LogP contribution >= 0.6 is 11.6 Å². The number of nitrogens with zero attached hydrogens (tertiary/aromatic N) is 1. The molecule has 1 aromatic rings. The van der Waals surface area contributed by atoms with Crippen molar-refractivity contribution in [3.8, 4) is 6.07 Å². The van der Waals surface area contributed by atoms with Gasteiger partial charge in [-0.1, -0.05) is 18.5 Å². The Labute approximate surface area is 117 Å². The van der Waals surface area contributed by atoms with Gasteiger partial charge in [0.2, 0.25) is 10.0 Å². The minimum Gasteiger partial charge on any atom is -0.298 e. The highest BCUT2D eigenvalue weighted by atomic mass is 35.5. The van der Waals surface area contributed by atoms with Crippen molar-refractivity contribution in [2.24, 2.45) is 0 Å². The molecule has 1 N–H and O–H groups in total. The molecule has 0 radical (unpaired) electrons. The van der Waals surface area contributed by atoms with Crippen molar-refractivity contribution >= 4 is 27.4 Å². The summed E-state index contributed by atoms with van der Waals surface area (Å²) in [6.07, 6.45) is 0.232. The van der Waals surface area contributed by atoms with Crippen LogP contribution in [0.4, 0.5) is 0 Å². The number of carbonyl (C=O) groups is 1. The number of carbonyl (C=O) groups excluding carboxylic acids is 1. The van der Waals surface area contributed by atoms with Gasteiger partial charge in [0, 0.05) is 6.42 Å². The third-order valence-electron chi connectivity index (χ3n) is 2.51. The molecule has 1 unspecified atom stereocenters. The molecule has 1 atom stereocenters. The van der Waals surface area contributed by atoms with E-state index in [1.807, 2.05) is 6.07 Å². The molecule has 1 rings (SSSR count). The van der Waals surface area contributed by atoms with Crippen molar-refractivity contribution in [2.75, 3.05) is 0 Å². The SMILES string of the molecule is CCC(=O)C(C)NS(=O)(=O)c1cc(C#N)ccc1Cl. The smallest absolute Gasteiger partial charge is 0.242 e. The predicted octanol–water partition coefficient (Wildman–Crippen LogP) is 1.86. The van der Waals surface area contributed by atoms with E-state index in [0.717, 1.165) is 0 Å². The van der Waals surface area contributed by atoms with E-state index < -0.39 is 16.1 Å². The van der Waals surface area contributed by atoms with E-state index in [2.05, 4.69) is 4.72 Å². The first kappa shape index (κ1) is 15.6. The lowest BCUT2D eigenvalue weighted by Crippen LogP contribution is -2.38. The summed E-state index contributed by atoms with van der Waals surface area (Å²) in [5.74, 6) is -0.226. The van der Waals surface area contributed by atoms with Gasteiger partial charge >= 0.3 is 0 Å². The zero-order chi connectivity index (χ0) is 14.6. The van der Waals surface area contributed by atoms with E-state index >= 15 is 0 Å². The Kier molecular flexibility index (Phi) is 5.06. The van der Waals surface area contributed by atoms with Gasteiger partial charge in [-0.05, 0) is 25.1 Å². The Balaban J connectivity index is 3.14. The molecule has 0 aliphatic carbocycles. The summed E-state index contributed by atoms with van der Waals surface area (Å²) in [6, 6.07) is 4.93. The average molecular weight is 301 g/mol. The van der Waals surface area contributed by atoms with Crippen LogP contribution in [0.3, 0.4) is 0 Å². The highest BCUT2D eigenvalue weighted by Crippen LogP contribution is 2.22. The highest BCUT2D eigenvalue weighted by molar-refractivity contribution is 7.89. The predicted molar refractivity (Wildman–Crippen MR) is 71.2 cm³/mol. The van der Waals surface area contributed by atoms with Gasteiger partial charge in [-0.3, -0.25) is 4.79 Å². The molecule has 0 aromatic heterocycles. The monoisotopic (exact) mass is 300 g/mol. The number of hydrogen-bond donors (Lipinski definition) is 1. The molecule has 0 saturated heterocycles. The van der Waals surface area contributed by atoms with Gasteiger partial charge in [0.25, 0.3) is 0 Å². The number of nitrogens with one attached hydrogen (secondary N) is 1. The van der Waals surface area contributed by atoms with Crippen LogP contribution in [0.1, 0.15) is 25.8 Å². The average Bonchev–Trinajstić information content (AvgIpc) is 2.37. The van der Waals surface area contributed by atoms with Gasteiger partial charge in [0.15, 0.2) is 0 Å². The van der Waals surface area contributed by atoms with Crippen molar-refractivity contribution in [3.05, 3.63) is 28.8 Å². The van der Waals surface area contributed by atoms with Crippen molar-refractivity contribution in [3.63, 3.8) is 0 Å². The van der Waals surface area contributed by atoms with Crippen LogP contribution in [0.5, 0.6) is 0 Å². The number of nitriles is 1. The lowest BCUT2D eigenvalue weighted by atomic mass is 10.2. The zero-order valence-electron chi connectivity index (χ0n) is 10.5. The Morgan fingerprint density at radius 3 is 2.68 bits per heavy atom. The van der Waals surface area contributed by atoms with Crippen molar-refractivity contribution in [1.82, 2.24) is 4.72 Å². The molecule has 0 fully saturated rings. The Hall–Kier alpha value is -1.42. The molecular weight excluding hydrogens is 288 g/mol.